The van der Waals surface area contributed by atoms with Crippen LogP contribution >= 0.6 is 0 Å². The molecular formula is C27H32F3N7O. The van der Waals surface area contributed by atoms with Crippen molar-refractivity contribution in [2.75, 3.05) is 25.9 Å². The standard InChI is InChI=1S/C27H32F3N7O/c1-36(13-17-9-19(11-23(17)38)37-5-4-20-25(31)32-14-33-26(20)37)12-16-6-15(7-16)8-24-34-21-3-2-18(27(28,29)30)10-22(21)35-24/h2-5,10,14-17,19,23,38H,6-9,11-13H2,1H3,(H,34,35)(H2,31,32,33)/t15?,16?,17-,19-,23+/m1/s1. The van der Waals surface area contributed by atoms with Crippen LogP contribution in [0.25, 0.3) is 22.1 Å². The number of nitrogens with one attached hydrogen (secondary N) is 1. The molecule has 2 aliphatic carbocycles. The normalized spacial score (nSPS) is 26.0. The van der Waals surface area contributed by atoms with Gasteiger partial charge in [-0.1, -0.05) is 0 Å². The summed E-state index contributed by atoms with van der Waals surface area (Å²) in [6.45, 7) is 1.80. The molecule has 2 saturated carbocycles. The van der Waals surface area contributed by atoms with Gasteiger partial charge < -0.3 is 25.3 Å². The molecule has 0 bridgehead atoms. The summed E-state index contributed by atoms with van der Waals surface area (Å²) >= 11 is 0. The van der Waals surface area contributed by atoms with Gasteiger partial charge in [0.1, 0.15) is 23.6 Å². The summed E-state index contributed by atoms with van der Waals surface area (Å²) in [5, 5.41) is 11.6. The van der Waals surface area contributed by atoms with E-state index in [0.29, 0.717) is 35.1 Å². The zero-order valence-corrected chi connectivity index (χ0v) is 21.2. The number of H-pyrrole nitrogens is 1. The lowest BCUT2D eigenvalue weighted by molar-refractivity contribution is -0.137. The quantitative estimate of drug-likeness (QED) is 0.328. The number of benzene rings is 1. The van der Waals surface area contributed by atoms with Crippen LogP contribution in [-0.4, -0.2) is 60.8 Å². The van der Waals surface area contributed by atoms with Crippen LogP contribution in [0.3, 0.4) is 0 Å². The fourth-order valence-electron chi connectivity index (χ4n) is 6.50. The molecule has 202 valence electrons. The number of anilines is 1. The number of hydrogen-bond acceptors (Lipinski definition) is 6. The molecular weight excluding hydrogens is 495 g/mol. The first-order chi connectivity index (χ1) is 18.1. The summed E-state index contributed by atoms with van der Waals surface area (Å²) in [5.41, 5.74) is 7.14. The molecule has 1 aromatic carbocycles. The van der Waals surface area contributed by atoms with Crippen LogP contribution < -0.4 is 5.73 Å². The van der Waals surface area contributed by atoms with Gasteiger partial charge in [0, 0.05) is 31.7 Å². The number of aliphatic hydroxyl groups is 1. The van der Waals surface area contributed by atoms with Gasteiger partial charge in [-0.05, 0) is 74.8 Å². The van der Waals surface area contributed by atoms with Crippen molar-refractivity contribution in [1.82, 2.24) is 29.4 Å². The SMILES string of the molecule is CN(CC1CC(Cc2nc3ccc(C(F)(F)F)cc3[nH]2)C1)C[C@H]1C[C@@H](n2ccc3c(N)ncnc32)C[C@@H]1O. The molecule has 4 N–H and O–H groups in total. The van der Waals surface area contributed by atoms with E-state index in [1.165, 1.54) is 12.4 Å². The number of halogens is 3. The number of alkyl halides is 3. The summed E-state index contributed by atoms with van der Waals surface area (Å²) in [6.07, 6.45) is 3.22. The van der Waals surface area contributed by atoms with Crippen LogP contribution in [0.5, 0.6) is 0 Å². The summed E-state index contributed by atoms with van der Waals surface area (Å²) in [5.74, 6) is 2.47. The van der Waals surface area contributed by atoms with E-state index >= 15 is 0 Å². The largest absolute Gasteiger partial charge is 0.416 e. The Morgan fingerprint density at radius 1 is 1.11 bits per heavy atom. The minimum absolute atomic E-state index is 0.180. The van der Waals surface area contributed by atoms with E-state index < -0.39 is 11.7 Å². The third kappa shape index (κ3) is 4.84. The smallest absolute Gasteiger partial charge is 0.393 e. The van der Waals surface area contributed by atoms with E-state index in [9.17, 15) is 18.3 Å². The third-order valence-electron chi connectivity index (χ3n) is 8.36. The number of aromatic nitrogens is 5. The molecule has 8 nitrogen and oxygen atoms in total. The molecule has 0 radical (unpaired) electrons. The highest BCUT2D eigenvalue weighted by Crippen LogP contribution is 2.40. The van der Waals surface area contributed by atoms with Gasteiger partial charge >= 0.3 is 6.18 Å². The summed E-state index contributed by atoms with van der Waals surface area (Å²) < 4.78 is 41.1. The molecule has 0 amide bonds. The molecule has 3 aromatic heterocycles. The molecule has 4 aromatic rings. The van der Waals surface area contributed by atoms with E-state index in [2.05, 4.69) is 36.5 Å². The zero-order chi connectivity index (χ0) is 26.6. The van der Waals surface area contributed by atoms with Crippen molar-refractivity contribution in [3.63, 3.8) is 0 Å². The number of imidazole rings is 1. The number of hydrogen-bond donors (Lipinski definition) is 3. The number of rotatable bonds is 7. The van der Waals surface area contributed by atoms with Crippen LogP contribution in [0, 0.1) is 17.8 Å². The summed E-state index contributed by atoms with van der Waals surface area (Å²) in [6, 6.07) is 5.76. The maximum atomic E-state index is 13.0. The van der Waals surface area contributed by atoms with Gasteiger partial charge in [0.15, 0.2) is 0 Å². The fourth-order valence-corrected chi connectivity index (χ4v) is 6.50. The first-order valence-corrected chi connectivity index (χ1v) is 13.1. The lowest BCUT2D eigenvalue weighted by Crippen LogP contribution is -2.38. The van der Waals surface area contributed by atoms with Crippen molar-refractivity contribution in [3.05, 3.63) is 48.2 Å². The monoisotopic (exact) mass is 527 g/mol. The van der Waals surface area contributed by atoms with Gasteiger partial charge in [-0.2, -0.15) is 13.2 Å². The van der Waals surface area contributed by atoms with E-state index in [4.69, 9.17) is 5.73 Å². The molecule has 0 spiro atoms. The van der Waals surface area contributed by atoms with Gasteiger partial charge in [-0.25, -0.2) is 15.0 Å². The Hall–Kier alpha value is -3.18. The Bertz CT molecular complexity index is 1440. The van der Waals surface area contributed by atoms with Gasteiger partial charge in [-0.3, -0.25) is 0 Å². The Kier molecular flexibility index (Phi) is 6.30. The first kappa shape index (κ1) is 25.1. The molecule has 2 fully saturated rings. The fraction of sp³-hybridized carbons (Fsp3) is 0.519. The highest BCUT2D eigenvalue weighted by molar-refractivity contribution is 5.86. The number of nitrogen functional groups attached to an aromatic ring is 1. The molecule has 11 heteroatoms. The highest BCUT2D eigenvalue weighted by atomic mass is 19.4. The van der Waals surface area contributed by atoms with Gasteiger partial charge in [-0.15, -0.1) is 0 Å². The Morgan fingerprint density at radius 3 is 2.71 bits per heavy atom. The molecule has 0 unspecified atom stereocenters. The van der Waals surface area contributed by atoms with Gasteiger partial charge in [0.2, 0.25) is 0 Å². The predicted octanol–water partition coefficient (Wildman–Crippen LogP) is 4.42. The summed E-state index contributed by atoms with van der Waals surface area (Å²) in [4.78, 5) is 18.4. The van der Waals surface area contributed by atoms with Crippen LogP contribution in [0.4, 0.5) is 19.0 Å². The molecule has 3 atom stereocenters. The van der Waals surface area contributed by atoms with Crippen LogP contribution in [0.2, 0.25) is 0 Å². The first-order valence-electron chi connectivity index (χ1n) is 13.1. The second-order valence-electron chi connectivity index (χ2n) is 11.2. The van der Waals surface area contributed by atoms with Crippen molar-refractivity contribution < 1.29 is 18.3 Å². The van der Waals surface area contributed by atoms with Crippen molar-refractivity contribution in [3.8, 4) is 0 Å². The van der Waals surface area contributed by atoms with Crippen molar-refractivity contribution in [2.45, 2.75) is 50.4 Å². The maximum Gasteiger partial charge on any atom is 0.416 e. The summed E-state index contributed by atoms with van der Waals surface area (Å²) in [7, 11) is 2.11. The number of nitrogens with zero attached hydrogens (tertiary/aromatic N) is 5. The average molecular weight is 528 g/mol. The van der Waals surface area contributed by atoms with E-state index in [1.807, 2.05) is 12.3 Å². The lowest BCUT2D eigenvalue weighted by Gasteiger charge is -2.38. The minimum Gasteiger partial charge on any atom is -0.393 e. The number of aliphatic hydroxyl groups excluding tert-OH is 1. The zero-order valence-electron chi connectivity index (χ0n) is 21.2. The highest BCUT2D eigenvalue weighted by Gasteiger charge is 2.37. The third-order valence-corrected chi connectivity index (χ3v) is 8.36. The average Bonchev–Trinajstić information content (AvgIpc) is 3.53. The minimum atomic E-state index is -4.36. The lowest BCUT2D eigenvalue weighted by atomic mass is 9.73. The molecule has 0 saturated heterocycles. The van der Waals surface area contributed by atoms with Crippen molar-refractivity contribution in [2.24, 2.45) is 17.8 Å². The molecule has 38 heavy (non-hydrogen) atoms. The van der Waals surface area contributed by atoms with E-state index in [0.717, 1.165) is 67.8 Å². The Morgan fingerprint density at radius 2 is 1.92 bits per heavy atom. The van der Waals surface area contributed by atoms with Crippen LogP contribution in [0.1, 0.15) is 43.1 Å². The molecule has 3 heterocycles. The number of fused-ring (bicyclic) bond motifs is 2. The molecule has 2 aliphatic rings. The topological polar surface area (TPSA) is 109 Å². The van der Waals surface area contributed by atoms with Gasteiger partial charge in [0.25, 0.3) is 0 Å². The predicted molar refractivity (Wildman–Crippen MR) is 138 cm³/mol. The molecule has 0 aliphatic heterocycles. The van der Waals surface area contributed by atoms with Crippen molar-refractivity contribution >= 4 is 27.9 Å². The van der Waals surface area contributed by atoms with Crippen molar-refractivity contribution in [1.29, 1.82) is 0 Å². The van der Waals surface area contributed by atoms with Crippen LogP contribution in [-0.2, 0) is 12.6 Å². The second kappa shape index (κ2) is 9.53. The maximum absolute atomic E-state index is 13.0. The van der Waals surface area contributed by atoms with E-state index in [-0.39, 0.29) is 18.1 Å². The van der Waals surface area contributed by atoms with Gasteiger partial charge in [0.05, 0.1) is 28.1 Å². The number of aromatic amines is 1. The molecule has 6 rings (SSSR count). The van der Waals surface area contributed by atoms with E-state index in [1.54, 1.807) is 0 Å². The van der Waals surface area contributed by atoms with Crippen LogP contribution in [0.15, 0.2) is 36.8 Å². The second-order valence-corrected chi connectivity index (χ2v) is 11.2. The Balaban J connectivity index is 0.990. The number of nitrogens with two attached hydrogens (primary N) is 1. The Labute approximate surface area is 218 Å².